The second-order valence-electron chi connectivity index (χ2n) is 4.98. The SMILES string of the molecule is CC(C)C(Cc1ccccc1O)C(C)C. The maximum Gasteiger partial charge on any atom is 0.118 e. The predicted molar refractivity (Wildman–Crippen MR) is 65.0 cm³/mol. The Kier molecular flexibility index (Phi) is 4.19. The van der Waals surface area contributed by atoms with Crippen molar-refractivity contribution in [3.8, 4) is 5.75 Å². The van der Waals surface area contributed by atoms with Gasteiger partial charge in [-0.15, -0.1) is 0 Å². The molecule has 1 rings (SSSR count). The molecule has 0 aromatic heterocycles. The molecule has 1 nitrogen and oxygen atoms in total. The molecule has 0 unspecified atom stereocenters. The summed E-state index contributed by atoms with van der Waals surface area (Å²) in [5.41, 5.74) is 1.07. The van der Waals surface area contributed by atoms with Gasteiger partial charge in [0, 0.05) is 0 Å². The molecule has 84 valence electrons. The van der Waals surface area contributed by atoms with Crippen molar-refractivity contribution in [3.63, 3.8) is 0 Å². The van der Waals surface area contributed by atoms with E-state index in [0.717, 1.165) is 12.0 Å². The van der Waals surface area contributed by atoms with E-state index >= 15 is 0 Å². The summed E-state index contributed by atoms with van der Waals surface area (Å²) in [6.45, 7) is 9.02. The summed E-state index contributed by atoms with van der Waals surface area (Å²) in [6, 6.07) is 7.66. The summed E-state index contributed by atoms with van der Waals surface area (Å²) >= 11 is 0. The van der Waals surface area contributed by atoms with Gasteiger partial charge >= 0.3 is 0 Å². The van der Waals surface area contributed by atoms with Crippen molar-refractivity contribution in [2.75, 3.05) is 0 Å². The van der Waals surface area contributed by atoms with Crippen molar-refractivity contribution in [1.29, 1.82) is 0 Å². The minimum Gasteiger partial charge on any atom is -0.508 e. The first kappa shape index (κ1) is 12.1. The van der Waals surface area contributed by atoms with Gasteiger partial charge in [-0.2, -0.15) is 0 Å². The van der Waals surface area contributed by atoms with E-state index in [2.05, 4.69) is 27.7 Å². The molecule has 0 aliphatic carbocycles. The van der Waals surface area contributed by atoms with Crippen LogP contribution in [0.5, 0.6) is 5.75 Å². The van der Waals surface area contributed by atoms with Gasteiger partial charge in [0.25, 0.3) is 0 Å². The summed E-state index contributed by atoms with van der Waals surface area (Å²) in [5, 5.41) is 9.72. The highest BCUT2D eigenvalue weighted by Gasteiger charge is 2.18. The molecule has 0 saturated carbocycles. The lowest BCUT2D eigenvalue weighted by Crippen LogP contribution is -2.18. The topological polar surface area (TPSA) is 20.2 Å². The second kappa shape index (κ2) is 5.20. The van der Waals surface area contributed by atoms with E-state index < -0.39 is 0 Å². The molecular weight excluding hydrogens is 184 g/mol. The Morgan fingerprint density at radius 1 is 1.00 bits per heavy atom. The van der Waals surface area contributed by atoms with Gasteiger partial charge in [0.1, 0.15) is 5.75 Å². The lowest BCUT2D eigenvalue weighted by Gasteiger charge is -2.25. The Labute approximate surface area is 93.1 Å². The maximum atomic E-state index is 9.72. The molecule has 0 aliphatic heterocycles. The average Bonchev–Trinajstić information content (AvgIpc) is 2.15. The molecule has 1 heteroatoms. The molecule has 1 N–H and O–H groups in total. The van der Waals surface area contributed by atoms with Crippen LogP contribution in [-0.2, 0) is 6.42 Å². The van der Waals surface area contributed by atoms with Crippen molar-refractivity contribution >= 4 is 0 Å². The predicted octanol–water partition coefficient (Wildman–Crippen LogP) is 3.86. The summed E-state index contributed by atoms with van der Waals surface area (Å²) in [4.78, 5) is 0. The van der Waals surface area contributed by atoms with Crippen LogP contribution in [-0.4, -0.2) is 5.11 Å². The monoisotopic (exact) mass is 206 g/mol. The van der Waals surface area contributed by atoms with Crippen LogP contribution in [0.25, 0.3) is 0 Å². The molecule has 1 aromatic rings. The van der Waals surface area contributed by atoms with Crippen molar-refractivity contribution in [1.82, 2.24) is 0 Å². The van der Waals surface area contributed by atoms with Crippen LogP contribution in [0.1, 0.15) is 33.3 Å². The quantitative estimate of drug-likeness (QED) is 0.793. The van der Waals surface area contributed by atoms with Crippen molar-refractivity contribution in [3.05, 3.63) is 29.8 Å². The smallest absolute Gasteiger partial charge is 0.118 e. The van der Waals surface area contributed by atoms with Gasteiger partial charge < -0.3 is 5.11 Å². The van der Waals surface area contributed by atoms with Gasteiger partial charge in [0.15, 0.2) is 0 Å². The highest BCUT2D eigenvalue weighted by Crippen LogP contribution is 2.28. The van der Waals surface area contributed by atoms with E-state index in [1.54, 1.807) is 6.07 Å². The van der Waals surface area contributed by atoms with Gasteiger partial charge in [-0.1, -0.05) is 45.9 Å². The maximum absolute atomic E-state index is 9.72. The summed E-state index contributed by atoms with van der Waals surface area (Å²) < 4.78 is 0. The number of aromatic hydroxyl groups is 1. The van der Waals surface area contributed by atoms with Gasteiger partial charge in [-0.3, -0.25) is 0 Å². The van der Waals surface area contributed by atoms with Crippen LogP contribution in [0.2, 0.25) is 0 Å². The minimum atomic E-state index is 0.434. The van der Waals surface area contributed by atoms with Gasteiger partial charge in [0.2, 0.25) is 0 Å². The van der Waals surface area contributed by atoms with Gasteiger partial charge in [0.05, 0.1) is 0 Å². The third-order valence-electron chi connectivity index (χ3n) is 3.16. The summed E-state index contributed by atoms with van der Waals surface area (Å²) in [7, 11) is 0. The number of rotatable bonds is 4. The fraction of sp³-hybridized carbons (Fsp3) is 0.571. The highest BCUT2D eigenvalue weighted by molar-refractivity contribution is 5.32. The first-order valence-corrected chi connectivity index (χ1v) is 5.79. The van der Waals surface area contributed by atoms with E-state index in [9.17, 15) is 5.11 Å². The normalized spacial score (nSPS) is 11.7. The zero-order valence-electron chi connectivity index (χ0n) is 10.2. The van der Waals surface area contributed by atoms with Gasteiger partial charge in [-0.25, -0.2) is 0 Å². The largest absolute Gasteiger partial charge is 0.508 e. The second-order valence-corrected chi connectivity index (χ2v) is 4.98. The molecule has 1 aromatic carbocycles. The zero-order valence-corrected chi connectivity index (χ0v) is 10.2. The van der Waals surface area contributed by atoms with E-state index in [4.69, 9.17) is 0 Å². The Bertz CT molecular complexity index is 294. The average molecular weight is 206 g/mol. The molecular formula is C14H22O. The highest BCUT2D eigenvalue weighted by atomic mass is 16.3. The number of phenolic OH excluding ortho intramolecular Hbond substituents is 1. The molecule has 0 bridgehead atoms. The van der Waals surface area contributed by atoms with Crippen LogP contribution < -0.4 is 0 Å². The molecule has 0 fully saturated rings. The lowest BCUT2D eigenvalue weighted by molar-refractivity contribution is 0.283. The molecule has 0 saturated heterocycles. The Morgan fingerprint density at radius 3 is 2.00 bits per heavy atom. The standard InChI is InChI=1S/C14H22O/c1-10(2)13(11(3)4)9-12-7-5-6-8-14(12)15/h5-8,10-11,13,15H,9H2,1-4H3. The van der Waals surface area contributed by atoms with Crippen molar-refractivity contribution in [2.24, 2.45) is 17.8 Å². The summed E-state index contributed by atoms with van der Waals surface area (Å²) in [5.74, 6) is 2.39. The van der Waals surface area contributed by atoms with Crippen LogP contribution in [0, 0.1) is 17.8 Å². The van der Waals surface area contributed by atoms with Crippen LogP contribution in [0.3, 0.4) is 0 Å². The Balaban J connectivity index is 2.79. The fourth-order valence-corrected chi connectivity index (χ4v) is 2.18. The van der Waals surface area contributed by atoms with Crippen LogP contribution in [0.15, 0.2) is 24.3 Å². The number of para-hydroxylation sites is 1. The first-order chi connectivity index (χ1) is 7.02. The fourth-order valence-electron chi connectivity index (χ4n) is 2.18. The third kappa shape index (κ3) is 3.26. The van der Waals surface area contributed by atoms with E-state index in [-0.39, 0.29) is 0 Å². The van der Waals surface area contributed by atoms with E-state index in [1.165, 1.54) is 0 Å². The minimum absolute atomic E-state index is 0.434. The number of benzene rings is 1. The molecule has 15 heavy (non-hydrogen) atoms. The molecule has 0 spiro atoms. The Hall–Kier alpha value is -0.980. The Morgan fingerprint density at radius 2 is 1.53 bits per heavy atom. The van der Waals surface area contributed by atoms with Gasteiger partial charge in [-0.05, 0) is 35.8 Å². The molecule has 0 heterocycles. The molecule has 0 aliphatic rings. The van der Waals surface area contributed by atoms with E-state index in [0.29, 0.717) is 23.5 Å². The van der Waals surface area contributed by atoms with E-state index in [1.807, 2.05) is 18.2 Å². The molecule has 0 radical (unpaired) electrons. The zero-order chi connectivity index (χ0) is 11.4. The first-order valence-electron chi connectivity index (χ1n) is 5.79. The number of hydrogen-bond donors (Lipinski definition) is 1. The lowest BCUT2D eigenvalue weighted by atomic mass is 9.81. The molecule has 0 amide bonds. The number of phenols is 1. The molecule has 0 atom stereocenters. The van der Waals surface area contributed by atoms with Crippen molar-refractivity contribution < 1.29 is 5.11 Å². The van der Waals surface area contributed by atoms with Crippen LogP contribution in [0.4, 0.5) is 0 Å². The number of hydrogen-bond acceptors (Lipinski definition) is 1. The van der Waals surface area contributed by atoms with Crippen molar-refractivity contribution in [2.45, 2.75) is 34.1 Å². The summed E-state index contributed by atoms with van der Waals surface area (Å²) in [6.07, 6.45) is 0.974. The van der Waals surface area contributed by atoms with Crippen LogP contribution >= 0.6 is 0 Å². The third-order valence-corrected chi connectivity index (χ3v) is 3.16.